The minimum Gasteiger partial charge on any atom is -0.370 e. The van der Waals surface area contributed by atoms with E-state index in [1.807, 2.05) is 31.2 Å². The van der Waals surface area contributed by atoms with Crippen molar-refractivity contribution >= 4 is 17.3 Å². The summed E-state index contributed by atoms with van der Waals surface area (Å²) in [4.78, 5) is 14.4. The van der Waals surface area contributed by atoms with Crippen molar-refractivity contribution in [1.29, 1.82) is 0 Å². The van der Waals surface area contributed by atoms with Gasteiger partial charge in [-0.3, -0.25) is 4.79 Å². The zero-order valence-corrected chi connectivity index (χ0v) is 12.3. The first-order valence-electron chi connectivity index (χ1n) is 7.42. The molecule has 1 aliphatic rings. The number of fused-ring (bicyclic) bond motifs is 1. The lowest BCUT2D eigenvalue weighted by Gasteiger charge is -2.19. The van der Waals surface area contributed by atoms with Gasteiger partial charge in [-0.15, -0.1) is 0 Å². The third kappa shape index (κ3) is 3.07. The Morgan fingerprint density at radius 1 is 1.14 bits per heavy atom. The van der Waals surface area contributed by atoms with Crippen molar-refractivity contribution in [3.8, 4) is 0 Å². The second-order valence-corrected chi connectivity index (χ2v) is 5.48. The van der Waals surface area contributed by atoms with E-state index >= 15 is 0 Å². The summed E-state index contributed by atoms with van der Waals surface area (Å²) in [7, 11) is 0. The maximum absolute atomic E-state index is 12.1. The molecule has 2 aromatic rings. The minimum absolute atomic E-state index is 0.0775. The molecule has 1 amide bonds. The van der Waals surface area contributed by atoms with Crippen molar-refractivity contribution in [2.75, 3.05) is 23.3 Å². The molecule has 3 heteroatoms. The average Bonchev–Trinajstić information content (AvgIpc) is 2.91. The summed E-state index contributed by atoms with van der Waals surface area (Å²) in [6.45, 7) is 3.79. The van der Waals surface area contributed by atoms with Crippen LogP contribution in [0, 0.1) is 6.92 Å². The normalized spacial score (nSPS) is 13.1. The van der Waals surface area contributed by atoms with Gasteiger partial charge in [0.15, 0.2) is 0 Å². The molecule has 0 aliphatic carbocycles. The van der Waals surface area contributed by atoms with Crippen molar-refractivity contribution in [3.05, 3.63) is 59.7 Å². The third-order valence-corrected chi connectivity index (χ3v) is 4.01. The lowest BCUT2D eigenvalue weighted by atomic mass is 10.2. The van der Waals surface area contributed by atoms with Gasteiger partial charge in [0.05, 0.1) is 0 Å². The Kier molecular flexibility index (Phi) is 3.91. The van der Waals surface area contributed by atoms with E-state index in [1.54, 1.807) is 0 Å². The number of rotatable bonds is 4. The topological polar surface area (TPSA) is 32.3 Å². The van der Waals surface area contributed by atoms with E-state index in [9.17, 15) is 4.79 Å². The molecule has 1 N–H and O–H groups in total. The Labute approximate surface area is 125 Å². The van der Waals surface area contributed by atoms with Crippen molar-refractivity contribution in [2.24, 2.45) is 0 Å². The number of amides is 1. The number of hydrogen-bond donors (Lipinski definition) is 1. The average molecular weight is 280 g/mol. The Morgan fingerprint density at radius 2 is 1.90 bits per heavy atom. The Morgan fingerprint density at radius 3 is 2.76 bits per heavy atom. The molecule has 0 aromatic heterocycles. The number of hydrogen-bond acceptors (Lipinski definition) is 2. The van der Waals surface area contributed by atoms with Gasteiger partial charge in [0.1, 0.15) is 0 Å². The highest BCUT2D eigenvalue weighted by molar-refractivity contribution is 5.91. The van der Waals surface area contributed by atoms with Crippen LogP contribution in [0.5, 0.6) is 0 Å². The van der Waals surface area contributed by atoms with Crippen LogP contribution in [0.1, 0.15) is 17.5 Å². The Bertz CT molecular complexity index is 651. The molecule has 108 valence electrons. The standard InChI is InChI=1S/C18H20N2O/c1-14-6-2-4-8-16(14)19-18(21)11-13-20-12-10-15-7-3-5-9-17(15)20/h2-9H,10-13H2,1H3,(H,19,21). The first kappa shape index (κ1) is 13.7. The third-order valence-electron chi connectivity index (χ3n) is 4.01. The summed E-state index contributed by atoms with van der Waals surface area (Å²) in [5.41, 5.74) is 4.67. The first-order valence-corrected chi connectivity index (χ1v) is 7.42. The van der Waals surface area contributed by atoms with E-state index < -0.39 is 0 Å². The highest BCUT2D eigenvalue weighted by Gasteiger charge is 2.18. The van der Waals surface area contributed by atoms with E-state index in [0.29, 0.717) is 6.42 Å². The number of benzene rings is 2. The SMILES string of the molecule is Cc1ccccc1NC(=O)CCN1CCc2ccccc21. The van der Waals surface area contributed by atoms with Crippen LogP contribution < -0.4 is 10.2 Å². The molecule has 0 bridgehead atoms. The van der Waals surface area contributed by atoms with Crippen LogP contribution in [0.3, 0.4) is 0 Å². The minimum atomic E-state index is 0.0775. The van der Waals surface area contributed by atoms with Gasteiger partial charge in [0.25, 0.3) is 0 Å². The maximum Gasteiger partial charge on any atom is 0.226 e. The molecule has 0 saturated heterocycles. The Hall–Kier alpha value is -2.29. The molecule has 1 aliphatic heterocycles. The van der Waals surface area contributed by atoms with Gasteiger partial charge in [0, 0.05) is 30.9 Å². The van der Waals surface area contributed by atoms with E-state index in [1.165, 1.54) is 11.3 Å². The summed E-state index contributed by atoms with van der Waals surface area (Å²) in [5, 5.41) is 2.99. The predicted octanol–water partition coefficient (Wildman–Crippen LogP) is 3.39. The zero-order valence-electron chi connectivity index (χ0n) is 12.3. The fourth-order valence-electron chi connectivity index (χ4n) is 2.80. The van der Waals surface area contributed by atoms with Crippen LogP contribution in [-0.4, -0.2) is 19.0 Å². The molecule has 0 atom stereocenters. The molecule has 0 spiro atoms. The summed E-state index contributed by atoms with van der Waals surface area (Å²) in [6.07, 6.45) is 1.60. The molecule has 3 nitrogen and oxygen atoms in total. The van der Waals surface area contributed by atoms with E-state index in [2.05, 4.69) is 34.5 Å². The molecule has 2 aromatic carbocycles. The smallest absolute Gasteiger partial charge is 0.226 e. The number of aryl methyl sites for hydroxylation is 1. The lowest BCUT2D eigenvalue weighted by Crippen LogP contribution is -2.26. The van der Waals surface area contributed by atoms with Crippen LogP contribution in [0.4, 0.5) is 11.4 Å². The second kappa shape index (κ2) is 6.00. The molecular formula is C18H20N2O. The molecule has 21 heavy (non-hydrogen) atoms. The second-order valence-electron chi connectivity index (χ2n) is 5.48. The largest absolute Gasteiger partial charge is 0.370 e. The first-order chi connectivity index (χ1) is 10.2. The predicted molar refractivity (Wildman–Crippen MR) is 86.8 cm³/mol. The molecule has 0 saturated carbocycles. The van der Waals surface area contributed by atoms with Crippen LogP contribution in [0.15, 0.2) is 48.5 Å². The van der Waals surface area contributed by atoms with E-state index in [0.717, 1.165) is 30.8 Å². The highest BCUT2D eigenvalue weighted by Crippen LogP contribution is 2.27. The van der Waals surface area contributed by atoms with Gasteiger partial charge < -0.3 is 10.2 Å². The van der Waals surface area contributed by atoms with Crippen molar-refractivity contribution in [2.45, 2.75) is 19.8 Å². The van der Waals surface area contributed by atoms with Crippen molar-refractivity contribution < 1.29 is 4.79 Å². The van der Waals surface area contributed by atoms with Crippen LogP contribution in [0.2, 0.25) is 0 Å². The monoisotopic (exact) mass is 280 g/mol. The van der Waals surface area contributed by atoms with Gasteiger partial charge >= 0.3 is 0 Å². The van der Waals surface area contributed by atoms with E-state index in [-0.39, 0.29) is 5.91 Å². The summed E-state index contributed by atoms with van der Waals surface area (Å²) in [6, 6.07) is 16.3. The molecule has 3 rings (SSSR count). The van der Waals surface area contributed by atoms with Crippen LogP contribution in [0.25, 0.3) is 0 Å². The van der Waals surface area contributed by atoms with Gasteiger partial charge in [-0.05, 0) is 36.6 Å². The molecular weight excluding hydrogens is 260 g/mol. The number of para-hydroxylation sites is 2. The van der Waals surface area contributed by atoms with Gasteiger partial charge in [0.2, 0.25) is 5.91 Å². The lowest BCUT2D eigenvalue weighted by molar-refractivity contribution is -0.116. The fraction of sp³-hybridized carbons (Fsp3) is 0.278. The fourth-order valence-corrected chi connectivity index (χ4v) is 2.80. The summed E-state index contributed by atoms with van der Waals surface area (Å²) in [5.74, 6) is 0.0775. The zero-order chi connectivity index (χ0) is 14.7. The van der Waals surface area contributed by atoms with Crippen LogP contribution in [-0.2, 0) is 11.2 Å². The number of anilines is 2. The number of nitrogens with zero attached hydrogens (tertiary/aromatic N) is 1. The summed E-state index contributed by atoms with van der Waals surface area (Å²) < 4.78 is 0. The van der Waals surface area contributed by atoms with Gasteiger partial charge in [-0.2, -0.15) is 0 Å². The molecule has 1 heterocycles. The van der Waals surface area contributed by atoms with Gasteiger partial charge in [-0.25, -0.2) is 0 Å². The number of carbonyl (C=O) groups is 1. The molecule has 0 fully saturated rings. The molecule has 0 radical (unpaired) electrons. The Balaban J connectivity index is 1.57. The summed E-state index contributed by atoms with van der Waals surface area (Å²) >= 11 is 0. The maximum atomic E-state index is 12.1. The number of carbonyl (C=O) groups excluding carboxylic acids is 1. The van der Waals surface area contributed by atoms with Crippen molar-refractivity contribution in [3.63, 3.8) is 0 Å². The quantitative estimate of drug-likeness (QED) is 0.931. The van der Waals surface area contributed by atoms with E-state index in [4.69, 9.17) is 0 Å². The highest BCUT2D eigenvalue weighted by atomic mass is 16.1. The van der Waals surface area contributed by atoms with Gasteiger partial charge in [-0.1, -0.05) is 36.4 Å². The molecule has 0 unspecified atom stereocenters. The van der Waals surface area contributed by atoms with Crippen LogP contribution >= 0.6 is 0 Å². The number of nitrogens with one attached hydrogen (secondary N) is 1. The van der Waals surface area contributed by atoms with Crippen molar-refractivity contribution in [1.82, 2.24) is 0 Å².